The lowest BCUT2D eigenvalue weighted by Gasteiger charge is -2.17. The summed E-state index contributed by atoms with van der Waals surface area (Å²) >= 11 is 0. The number of carboxylic acids is 1. The Balaban J connectivity index is 2.13. The van der Waals surface area contributed by atoms with Crippen LogP contribution in [0.3, 0.4) is 0 Å². The van der Waals surface area contributed by atoms with E-state index in [-0.39, 0.29) is 12.5 Å². The number of carbonyl (C=O) groups excluding carboxylic acids is 1. The average Bonchev–Trinajstić information content (AvgIpc) is 2.98. The molecule has 0 radical (unpaired) electrons. The first-order chi connectivity index (χ1) is 9.49. The van der Waals surface area contributed by atoms with Gasteiger partial charge in [-0.1, -0.05) is 0 Å². The molecule has 0 spiro atoms. The second-order valence-electron chi connectivity index (χ2n) is 4.53. The summed E-state index contributed by atoms with van der Waals surface area (Å²) in [7, 11) is 3.52. The van der Waals surface area contributed by atoms with Gasteiger partial charge < -0.3 is 19.1 Å². The fourth-order valence-electron chi connectivity index (χ4n) is 1.92. The van der Waals surface area contributed by atoms with Crippen molar-refractivity contribution in [3.05, 3.63) is 42.2 Å². The molecule has 2 aromatic rings. The average molecular weight is 276 g/mol. The van der Waals surface area contributed by atoms with Crippen LogP contribution in [0.25, 0.3) is 0 Å². The summed E-state index contributed by atoms with van der Waals surface area (Å²) in [4.78, 5) is 28.7. The van der Waals surface area contributed by atoms with E-state index in [0.717, 1.165) is 5.82 Å². The van der Waals surface area contributed by atoms with Gasteiger partial charge in [-0.05, 0) is 12.1 Å². The fraction of sp³-hybridized carbons (Fsp3) is 0.308. The Hall–Kier alpha value is -2.57. The first kappa shape index (κ1) is 13.9. The Bertz CT molecular complexity index is 629. The molecule has 106 valence electrons. The van der Waals surface area contributed by atoms with Gasteiger partial charge in [0.1, 0.15) is 18.1 Å². The van der Waals surface area contributed by atoms with Gasteiger partial charge >= 0.3 is 5.97 Å². The number of hydrogen-bond donors (Lipinski definition) is 1. The Labute approximate surface area is 116 Å². The number of hydrogen-bond acceptors (Lipinski definition) is 3. The SMILES string of the molecule is CN(Cc1nccn1C)C(=O)c1cccn1CC(=O)O. The Morgan fingerprint density at radius 3 is 2.75 bits per heavy atom. The van der Waals surface area contributed by atoms with Crippen molar-refractivity contribution >= 4 is 11.9 Å². The minimum atomic E-state index is -0.984. The number of aryl methyl sites for hydroxylation is 1. The van der Waals surface area contributed by atoms with Gasteiger partial charge in [0.2, 0.25) is 0 Å². The standard InChI is InChI=1S/C13H16N4O3/c1-15-7-5-14-11(15)8-16(2)13(20)10-4-3-6-17(10)9-12(18)19/h3-7H,8-9H2,1-2H3,(H,18,19). The van der Waals surface area contributed by atoms with Gasteiger partial charge in [-0.2, -0.15) is 0 Å². The van der Waals surface area contributed by atoms with Crippen molar-refractivity contribution < 1.29 is 14.7 Å². The molecule has 1 amide bonds. The van der Waals surface area contributed by atoms with Gasteiger partial charge in [-0.3, -0.25) is 9.59 Å². The fourth-order valence-corrected chi connectivity index (χ4v) is 1.92. The molecule has 0 aliphatic heterocycles. The lowest BCUT2D eigenvalue weighted by molar-refractivity contribution is -0.137. The lowest BCUT2D eigenvalue weighted by atomic mass is 10.3. The predicted molar refractivity (Wildman–Crippen MR) is 71.1 cm³/mol. The number of rotatable bonds is 5. The van der Waals surface area contributed by atoms with E-state index < -0.39 is 5.97 Å². The van der Waals surface area contributed by atoms with Crippen molar-refractivity contribution in [1.29, 1.82) is 0 Å². The van der Waals surface area contributed by atoms with Crippen LogP contribution in [0.4, 0.5) is 0 Å². The highest BCUT2D eigenvalue weighted by molar-refractivity contribution is 5.92. The molecule has 0 fully saturated rings. The van der Waals surface area contributed by atoms with Gasteiger partial charge in [-0.15, -0.1) is 0 Å². The van der Waals surface area contributed by atoms with Gasteiger partial charge in [0.05, 0.1) is 6.54 Å². The summed E-state index contributed by atoms with van der Waals surface area (Å²) in [5.74, 6) is -0.460. The quantitative estimate of drug-likeness (QED) is 0.866. The predicted octanol–water partition coefficient (Wildman–Crippen LogP) is 0.578. The van der Waals surface area contributed by atoms with E-state index >= 15 is 0 Å². The molecule has 2 aromatic heterocycles. The topological polar surface area (TPSA) is 80.4 Å². The summed E-state index contributed by atoms with van der Waals surface area (Å²) in [5, 5.41) is 8.81. The van der Waals surface area contributed by atoms with Crippen LogP contribution in [-0.4, -0.2) is 43.0 Å². The van der Waals surface area contributed by atoms with Gasteiger partial charge in [0.25, 0.3) is 5.91 Å². The molecule has 7 nitrogen and oxygen atoms in total. The number of imidazole rings is 1. The molecule has 0 atom stereocenters. The van der Waals surface area contributed by atoms with Gasteiger partial charge in [0.15, 0.2) is 0 Å². The van der Waals surface area contributed by atoms with E-state index in [4.69, 9.17) is 5.11 Å². The number of aliphatic carboxylic acids is 1. The van der Waals surface area contributed by atoms with E-state index in [1.807, 2.05) is 11.6 Å². The summed E-state index contributed by atoms with van der Waals surface area (Å²) in [6.07, 6.45) is 5.05. The summed E-state index contributed by atoms with van der Waals surface area (Å²) in [6.45, 7) is 0.130. The van der Waals surface area contributed by atoms with Crippen molar-refractivity contribution in [2.45, 2.75) is 13.1 Å². The maximum Gasteiger partial charge on any atom is 0.323 e. The summed E-state index contributed by atoms with van der Waals surface area (Å²) in [6, 6.07) is 3.27. The number of carboxylic acid groups (broad SMARTS) is 1. The molecule has 0 saturated heterocycles. The van der Waals surface area contributed by atoms with Crippen molar-refractivity contribution in [3.8, 4) is 0 Å². The Morgan fingerprint density at radius 2 is 2.15 bits per heavy atom. The van der Waals surface area contributed by atoms with E-state index in [1.54, 1.807) is 37.8 Å². The molecule has 20 heavy (non-hydrogen) atoms. The van der Waals surface area contributed by atoms with Crippen LogP contribution in [0.2, 0.25) is 0 Å². The molecule has 0 aromatic carbocycles. The van der Waals surface area contributed by atoms with Crippen molar-refractivity contribution in [2.75, 3.05) is 7.05 Å². The third kappa shape index (κ3) is 2.87. The first-order valence-corrected chi connectivity index (χ1v) is 6.07. The lowest BCUT2D eigenvalue weighted by Crippen LogP contribution is -2.29. The molecule has 7 heteroatoms. The zero-order chi connectivity index (χ0) is 14.7. The maximum absolute atomic E-state index is 12.3. The number of amides is 1. The minimum Gasteiger partial charge on any atom is -0.480 e. The van der Waals surface area contributed by atoms with Crippen LogP contribution in [0.5, 0.6) is 0 Å². The zero-order valence-corrected chi connectivity index (χ0v) is 11.4. The van der Waals surface area contributed by atoms with Crippen LogP contribution in [0.15, 0.2) is 30.7 Å². The second-order valence-corrected chi connectivity index (χ2v) is 4.53. The monoisotopic (exact) mass is 276 g/mol. The zero-order valence-electron chi connectivity index (χ0n) is 11.4. The Kier molecular flexibility index (Phi) is 3.88. The van der Waals surface area contributed by atoms with E-state index in [1.165, 1.54) is 9.47 Å². The van der Waals surface area contributed by atoms with Crippen molar-refractivity contribution in [1.82, 2.24) is 19.0 Å². The molecule has 0 unspecified atom stereocenters. The molecular weight excluding hydrogens is 260 g/mol. The van der Waals surface area contributed by atoms with E-state index in [0.29, 0.717) is 12.2 Å². The normalized spacial score (nSPS) is 10.5. The van der Waals surface area contributed by atoms with Crippen LogP contribution in [0, 0.1) is 0 Å². The summed E-state index contributed by atoms with van der Waals surface area (Å²) in [5.41, 5.74) is 0.351. The molecule has 0 saturated carbocycles. The maximum atomic E-state index is 12.3. The highest BCUT2D eigenvalue weighted by atomic mass is 16.4. The molecule has 1 N–H and O–H groups in total. The first-order valence-electron chi connectivity index (χ1n) is 6.07. The molecule has 2 rings (SSSR count). The molecule has 0 bridgehead atoms. The molecular formula is C13H16N4O3. The third-order valence-electron chi connectivity index (χ3n) is 3.00. The smallest absolute Gasteiger partial charge is 0.323 e. The number of carbonyl (C=O) groups is 2. The molecule has 0 aliphatic rings. The van der Waals surface area contributed by atoms with E-state index in [9.17, 15) is 9.59 Å². The highest BCUT2D eigenvalue weighted by Crippen LogP contribution is 2.08. The molecule has 2 heterocycles. The van der Waals surface area contributed by atoms with Gasteiger partial charge in [-0.25, -0.2) is 4.98 Å². The second kappa shape index (κ2) is 5.60. The van der Waals surface area contributed by atoms with Crippen LogP contribution < -0.4 is 0 Å². The third-order valence-corrected chi connectivity index (χ3v) is 3.00. The van der Waals surface area contributed by atoms with Crippen molar-refractivity contribution in [3.63, 3.8) is 0 Å². The van der Waals surface area contributed by atoms with Gasteiger partial charge in [0, 0.05) is 32.7 Å². The van der Waals surface area contributed by atoms with Crippen LogP contribution >= 0.6 is 0 Å². The van der Waals surface area contributed by atoms with E-state index in [2.05, 4.69) is 4.98 Å². The highest BCUT2D eigenvalue weighted by Gasteiger charge is 2.18. The minimum absolute atomic E-state index is 0.232. The molecule has 0 aliphatic carbocycles. The van der Waals surface area contributed by atoms with Crippen LogP contribution in [0.1, 0.15) is 16.3 Å². The summed E-state index contributed by atoms with van der Waals surface area (Å²) < 4.78 is 3.25. The van der Waals surface area contributed by atoms with Crippen molar-refractivity contribution in [2.24, 2.45) is 7.05 Å². The Morgan fingerprint density at radius 1 is 1.40 bits per heavy atom. The number of aromatic nitrogens is 3. The number of nitrogens with zero attached hydrogens (tertiary/aromatic N) is 4. The van der Waals surface area contributed by atoms with Crippen LogP contribution in [-0.2, 0) is 24.9 Å². The largest absolute Gasteiger partial charge is 0.480 e.